The lowest BCUT2D eigenvalue weighted by atomic mass is 10.2. The van der Waals surface area contributed by atoms with Crippen LogP contribution in [0.1, 0.15) is 20.8 Å². The highest BCUT2D eigenvalue weighted by Crippen LogP contribution is 2.10. The SMILES string of the molecule is CC(C)(C)OC(=O)N(O)S(C)(=O)=O. The standard InChI is InChI=1S/C6H13NO5S/c1-6(2,3)12-5(8)7(9)13(4,10)11/h9H,1-4H3. The Morgan fingerprint density at radius 1 is 1.38 bits per heavy atom. The first kappa shape index (κ1) is 12.2. The van der Waals surface area contributed by atoms with Crippen molar-refractivity contribution in [2.75, 3.05) is 6.26 Å². The Hall–Kier alpha value is -0.820. The summed E-state index contributed by atoms with van der Waals surface area (Å²) in [6.07, 6.45) is -0.619. The first-order chi connectivity index (χ1) is 5.54. The molecule has 0 unspecified atom stereocenters. The van der Waals surface area contributed by atoms with Gasteiger partial charge in [0.05, 0.1) is 6.26 Å². The molecule has 0 atom stereocenters. The van der Waals surface area contributed by atoms with E-state index in [1.165, 1.54) is 0 Å². The molecule has 0 rings (SSSR count). The van der Waals surface area contributed by atoms with Crippen molar-refractivity contribution >= 4 is 16.1 Å². The van der Waals surface area contributed by atoms with E-state index in [1.807, 2.05) is 0 Å². The van der Waals surface area contributed by atoms with Gasteiger partial charge in [-0.2, -0.15) is 0 Å². The van der Waals surface area contributed by atoms with Gasteiger partial charge in [-0.25, -0.2) is 13.2 Å². The van der Waals surface area contributed by atoms with Crippen LogP contribution in [0.3, 0.4) is 0 Å². The molecule has 0 fully saturated rings. The van der Waals surface area contributed by atoms with Gasteiger partial charge < -0.3 is 4.74 Å². The minimum atomic E-state index is -3.96. The van der Waals surface area contributed by atoms with Crippen molar-refractivity contribution in [1.29, 1.82) is 0 Å². The summed E-state index contributed by atoms with van der Waals surface area (Å²) >= 11 is 0. The van der Waals surface area contributed by atoms with E-state index in [0.29, 0.717) is 6.26 Å². The normalized spacial score (nSPS) is 12.4. The molecule has 6 nitrogen and oxygen atoms in total. The van der Waals surface area contributed by atoms with Gasteiger partial charge in [-0.15, -0.1) is 0 Å². The van der Waals surface area contributed by atoms with Crippen LogP contribution in [0.25, 0.3) is 0 Å². The summed E-state index contributed by atoms with van der Waals surface area (Å²) in [7, 11) is -3.96. The number of hydroxylamine groups is 1. The maximum atomic E-state index is 10.9. The predicted octanol–water partition coefficient (Wildman–Crippen LogP) is 0.572. The Bertz CT molecular complexity index is 289. The Morgan fingerprint density at radius 3 is 2.00 bits per heavy atom. The molecule has 0 heterocycles. The fourth-order valence-corrected chi connectivity index (χ4v) is 0.744. The first-order valence-electron chi connectivity index (χ1n) is 3.46. The molecule has 0 aromatic rings. The van der Waals surface area contributed by atoms with Crippen molar-refractivity contribution in [3.8, 4) is 0 Å². The van der Waals surface area contributed by atoms with E-state index in [1.54, 1.807) is 20.8 Å². The third-order valence-corrected chi connectivity index (χ3v) is 1.64. The number of ether oxygens (including phenoxy) is 1. The number of hydrogen-bond donors (Lipinski definition) is 1. The summed E-state index contributed by atoms with van der Waals surface area (Å²) in [5.74, 6) is 0. The van der Waals surface area contributed by atoms with Crippen LogP contribution in [0.4, 0.5) is 4.79 Å². The molecule has 7 heteroatoms. The number of carbonyl (C=O) groups excluding carboxylic acids is 1. The van der Waals surface area contributed by atoms with Gasteiger partial charge in [-0.1, -0.05) is 4.47 Å². The highest BCUT2D eigenvalue weighted by Gasteiger charge is 2.27. The number of hydrogen-bond acceptors (Lipinski definition) is 5. The number of carbonyl (C=O) groups is 1. The van der Waals surface area contributed by atoms with Crippen LogP contribution in [0.5, 0.6) is 0 Å². The summed E-state index contributed by atoms with van der Waals surface area (Å²) in [6, 6.07) is 0. The van der Waals surface area contributed by atoms with Crippen LogP contribution in [0, 0.1) is 0 Å². The zero-order valence-corrected chi connectivity index (χ0v) is 8.75. The molecule has 78 valence electrons. The second kappa shape index (κ2) is 3.51. The molecule has 13 heavy (non-hydrogen) atoms. The third kappa shape index (κ3) is 4.69. The van der Waals surface area contributed by atoms with Gasteiger partial charge in [-0.05, 0) is 20.8 Å². The van der Waals surface area contributed by atoms with Gasteiger partial charge in [0.2, 0.25) is 0 Å². The van der Waals surface area contributed by atoms with Crippen molar-refractivity contribution in [2.45, 2.75) is 26.4 Å². The van der Waals surface area contributed by atoms with Gasteiger partial charge in [0, 0.05) is 0 Å². The molecule has 0 aliphatic carbocycles. The molecule has 0 bridgehead atoms. The quantitative estimate of drug-likeness (QED) is 0.506. The highest BCUT2D eigenvalue weighted by molar-refractivity contribution is 7.88. The van der Waals surface area contributed by atoms with E-state index in [0.717, 1.165) is 0 Å². The Kier molecular flexibility index (Phi) is 3.28. The summed E-state index contributed by atoms with van der Waals surface area (Å²) in [5.41, 5.74) is -0.844. The molecule has 0 radical (unpaired) electrons. The van der Waals surface area contributed by atoms with Gasteiger partial charge >= 0.3 is 6.09 Å². The van der Waals surface area contributed by atoms with Crippen molar-refractivity contribution in [3.63, 3.8) is 0 Å². The number of nitrogens with zero attached hydrogens (tertiary/aromatic N) is 1. The molecule has 0 spiro atoms. The smallest absolute Gasteiger partial charge is 0.441 e. The Labute approximate surface area is 77.1 Å². The summed E-state index contributed by atoms with van der Waals surface area (Å²) < 4.78 is 25.4. The largest absolute Gasteiger partial charge is 0.449 e. The molecular formula is C6H13NO5S. The highest BCUT2D eigenvalue weighted by atomic mass is 32.2. The maximum Gasteiger partial charge on any atom is 0.449 e. The van der Waals surface area contributed by atoms with Gasteiger partial charge in [0.25, 0.3) is 10.0 Å². The molecule has 1 amide bonds. The summed E-state index contributed by atoms with van der Waals surface area (Å²) in [6.45, 7) is 4.67. The maximum absolute atomic E-state index is 10.9. The fraction of sp³-hybridized carbons (Fsp3) is 0.833. The molecule has 0 aromatic heterocycles. The predicted molar refractivity (Wildman–Crippen MR) is 44.7 cm³/mol. The van der Waals surface area contributed by atoms with Gasteiger partial charge in [0.15, 0.2) is 0 Å². The van der Waals surface area contributed by atoms with Gasteiger partial charge in [0.1, 0.15) is 5.60 Å². The fourth-order valence-electron chi connectivity index (χ4n) is 0.436. The number of rotatable bonds is 1. The zero-order valence-electron chi connectivity index (χ0n) is 7.94. The van der Waals surface area contributed by atoms with Gasteiger partial charge in [-0.3, -0.25) is 5.21 Å². The Morgan fingerprint density at radius 2 is 1.77 bits per heavy atom. The zero-order chi connectivity index (χ0) is 10.9. The van der Waals surface area contributed by atoms with E-state index < -0.39 is 26.2 Å². The topological polar surface area (TPSA) is 83.9 Å². The minimum Gasteiger partial charge on any atom is -0.441 e. The van der Waals surface area contributed by atoms with Crippen molar-refractivity contribution in [1.82, 2.24) is 4.47 Å². The molecule has 0 aliphatic rings. The molecule has 0 aromatic carbocycles. The van der Waals surface area contributed by atoms with Crippen LogP contribution in [-0.2, 0) is 14.8 Å². The molecule has 0 saturated carbocycles. The number of sulfonamides is 1. The van der Waals surface area contributed by atoms with E-state index in [-0.39, 0.29) is 0 Å². The first-order valence-corrected chi connectivity index (χ1v) is 5.31. The van der Waals surface area contributed by atoms with E-state index in [2.05, 4.69) is 4.74 Å². The van der Waals surface area contributed by atoms with E-state index in [9.17, 15) is 13.2 Å². The van der Waals surface area contributed by atoms with Crippen LogP contribution in [0.2, 0.25) is 0 Å². The van der Waals surface area contributed by atoms with Crippen molar-refractivity contribution < 1.29 is 23.2 Å². The second-order valence-corrected chi connectivity index (χ2v) is 5.30. The number of amides is 1. The Balaban J connectivity index is 4.48. The third-order valence-electron chi connectivity index (χ3n) is 0.864. The second-order valence-electron chi connectivity index (χ2n) is 3.49. The molecule has 0 aliphatic heterocycles. The molecule has 1 N–H and O–H groups in total. The van der Waals surface area contributed by atoms with E-state index in [4.69, 9.17) is 5.21 Å². The van der Waals surface area contributed by atoms with Crippen molar-refractivity contribution in [2.24, 2.45) is 0 Å². The minimum absolute atomic E-state index is 0.432. The van der Waals surface area contributed by atoms with E-state index >= 15 is 0 Å². The lowest BCUT2D eigenvalue weighted by Crippen LogP contribution is -2.37. The monoisotopic (exact) mass is 211 g/mol. The summed E-state index contributed by atoms with van der Waals surface area (Å²) in [5, 5.41) is 8.79. The lowest BCUT2D eigenvalue weighted by Gasteiger charge is -2.21. The average molecular weight is 211 g/mol. The van der Waals surface area contributed by atoms with Crippen molar-refractivity contribution in [3.05, 3.63) is 0 Å². The lowest BCUT2D eigenvalue weighted by molar-refractivity contribution is -0.0363. The molecule has 0 saturated heterocycles. The molecular weight excluding hydrogens is 198 g/mol. The van der Waals surface area contributed by atoms with Crippen LogP contribution in [0.15, 0.2) is 0 Å². The van der Waals surface area contributed by atoms with Crippen LogP contribution >= 0.6 is 0 Å². The van der Waals surface area contributed by atoms with Crippen LogP contribution in [-0.4, -0.2) is 36.0 Å². The summed E-state index contributed by atoms with van der Waals surface area (Å²) in [4.78, 5) is 10.9. The average Bonchev–Trinajstić information content (AvgIpc) is 1.79. The van der Waals surface area contributed by atoms with Crippen LogP contribution < -0.4 is 0 Å².